The Morgan fingerprint density at radius 3 is 2.40 bits per heavy atom. The highest BCUT2D eigenvalue weighted by Crippen LogP contribution is 2.35. The van der Waals surface area contributed by atoms with Crippen molar-refractivity contribution in [2.24, 2.45) is 5.92 Å². The molecule has 188 valence electrons. The second-order valence-electron chi connectivity index (χ2n) is 10.1. The molecule has 1 atom stereocenters. The summed E-state index contributed by atoms with van der Waals surface area (Å²) in [5.41, 5.74) is 8.48. The van der Waals surface area contributed by atoms with Gasteiger partial charge in [-0.3, -0.25) is 9.80 Å². The summed E-state index contributed by atoms with van der Waals surface area (Å²) in [6.45, 7) is 8.19. The Morgan fingerprint density at radius 1 is 1.03 bits per heavy atom. The number of nitrogen functional groups attached to an aromatic ring is 1. The highest BCUT2D eigenvalue weighted by Gasteiger charge is 2.35. The molecular weight excluding hydrogens is 481 g/mol. The predicted molar refractivity (Wildman–Crippen MR) is 144 cm³/mol. The summed E-state index contributed by atoms with van der Waals surface area (Å²) in [6.07, 6.45) is 5.51. The summed E-state index contributed by atoms with van der Waals surface area (Å²) in [6, 6.07) is 9.26. The Balaban J connectivity index is 1.19. The first kappa shape index (κ1) is 24.8. The number of piperazine rings is 1. The molecule has 35 heavy (non-hydrogen) atoms. The molecule has 2 aromatic rings. The highest BCUT2D eigenvalue weighted by atomic mass is 35.5. The van der Waals surface area contributed by atoms with Crippen LogP contribution in [-0.4, -0.2) is 70.3 Å². The number of aromatic nitrogens is 2. The van der Waals surface area contributed by atoms with Crippen LogP contribution in [0.1, 0.15) is 50.3 Å². The summed E-state index contributed by atoms with van der Waals surface area (Å²) in [7, 11) is 0. The minimum absolute atomic E-state index is 0.263. The van der Waals surface area contributed by atoms with Crippen molar-refractivity contribution in [1.82, 2.24) is 19.8 Å². The van der Waals surface area contributed by atoms with Crippen molar-refractivity contribution in [3.8, 4) is 0 Å². The summed E-state index contributed by atoms with van der Waals surface area (Å²) >= 11 is 12.6. The van der Waals surface area contributed by atoms with Gasteiger partial charge in [-0.2, -0.15) is 0 Å². The normalized spacial score (nSPS) is 22.5. The van der Waals surface area contributed by atoms with Crippen molar-refractivity contribution >= 4 is 40.5 Å². The maximum absolute atomic E-state index is 8.32. The number of hydrogen-bond donors (Lipinski definition) is 2. The van der Waals surface area contributed by atoms with Gasteiger partial charge in [-0.25, -0.2) is 9.97 Å². The Kier molecular flexibility index (Phi) is 7.49. The molecule has 1 aromatic heterocycles. The lowest BCUT2D eigenvalue weighted by atomic mass is 9.98. The zero-order chi connectivity index (χ0) is 24.5. The fourth-order valence-electron chi connectivity index (χ4n) is 5.55. The van der Waals surface area contributed by atoms with Gasteiger partial charge in [-0.1, -0.05) is 42.3 Å². The first-order valence-electron chi connectivity index (χ1n) is 12.8. The summed E-state index contributed by atoms with van der Waals surface area (Å²) in [4.78, 5) is 16.6. The van der Waals surface area contributed by atoms with Crippen LogP contribution in [0, 0.1) is 11.3 Å². The minimum atomic E-state index is 0.263. The molecule has 3 heterocycles. The number of nitrogens with zero attached hydrogens (tertiary/aromatic N) is 5. The third-order valence-corrected chi connectivity index (χ3v) is 8.25. The lowest BCUT2D eigenvalue weighted by Crippen LogP contribution is -2.58. The van der Waals surface area contributed by atoms with Gasteiger partial charge in [0.15, 0.2) is 16.8 Å². The minimum Gasteiger partial charge on any atom is -0.382 e. The molecule has 2 aliphatic heterocycles. The molecule has 7 nitrogen and oxygen atoms in total. The van der Waals surface area contributed by atoms with Crippen LogP contribution in [0.15, 0.2) is 24.3 Å². The zero-order valence-corrected chi connectivity index (χ0v) is 21.9. The fraction of sp³-hybridized carbons (Fsp3) is 0.577. The largest absolute Gasteiger partial charge is 0.382 e. The third-order valence-electron chi connectivity index (χ3n) is 7.75. The van der Waals surface area contributed by atoms with E-state index >= 15 is 0 Å². The van der Waals surface area contributed by atoms with E-state index in [1.54, 1.807) is 0 Å². The molecule has 3 N–H and O–H groups in total. The van der Waals surface area contributed by atoms with E-state index in [0.29, 0.717) is 40.3 Å². The lowest BCUT2D eigenvalue weighted by molar-refractivity contribution is 0.0610. The van der Waals surface area contributed by atoms with Crippen LogP contribution < -0.4 is 10.6 Å². The highest BCUT2D eigenvalue weighted by molar-refractivity contribution is 6.32. The van der Waals surface area contributed by atoms with Crippen LogP contribution in [0.4, 0.5) is 11.6 Å². The maximum Gasteiger partial charge on any atom is 0.172 e. The standard InChI is InChI=1S/C26H35Cl2N7/c1-2-20-16-34(26-24(28)31-23(25(30)32-26)22(29)18-5-6-18)13-14-35(20)21-9-11-33(12-10-21)15-17-3-7-19(27)8-4-17/h3-4,7-8,18,20-21,29H,2,5-6,9-16H2,1H3,(H2,30,32). The molecule has 2 saturated heterocycles. The summed E-state index contributed by atoms with van der Waals surface area (Å²) < 4.78 is 0. The number of rotatable bonds is 7. The van der Waals surface area contributed by atoms with Gasteiger partial charge in [0.2, 0.25) is 0 Å². The van der Waals surface area contributed by atoms with Gasteiger partial charge in [-0.05, 0) is 62.9 Å². The average Bonchev–Trinajstić information content (AvgIpc) is 3.72. The molecule has 0 radical (unpaired) electrons. The van der Waals surface area contributed by atoms with Crippen LogP contribution in [0.3, 0.4) is 0 Å². The van der Waals surface area contributed by atoms with Crippen molar-refractivity contribution in [2.45, 2.75) is 57.7 Å². The SMILES string of the molecule is CCC1CN(c2nc(N)c(C(=N)C3CC3)nc2Cl)CCN1C1CCN(Cc2ccc(Cl)cc2)CC1. The first-order chi connectivity index (χ1) is 16.9. The van der Waals surface area contributed by atoms with E-state index in [1.165, 1.54) is 18.4 Å². The fourth-order valence-corrected chi connectivity index (χ4v) is 5.92. The van der Waals surface area contributed by atoms with E-state index in [0.717, 1.165) is 63.6 Å². The molecule has 3 aliphatic rings. The molecule has 0 spiro atoms. The van der Waals surface area contributed by atoms with Gasteiger partial charge < -0.3 is 16.0 Å². The number of benzene rings is 1. The number of nitrogens with one attached hydrogen (secondary N) is 1. The molecule has 1 aliphatic carbocycles. The molecule has 9 heteroatoms. The van der Waals surface area contributed by atoms with Gasteiger partial charge in [0, 0.05) is 49.2 Å². The topological polar surface area (TPSA) is 85.4 Å². The quantitative estimate of drug-likeness (QED) is 0.519. The van der Waals surface area contributed by atoms with Gasteiger partial charge in [0.25, 0.3) is 0 Å². The maximum atomic E-state index is 8.32. The van der Waals surface area contributed by atoms with Gasteiger partial charge in [0.1, 0.15) is 5.69 Å². The van der Waals surface area contributed by atoms with E-state index in [9.17, 15) is 0 Å². The van der Waals surface area contributed by atoms with Crippen LogP contribution in [0.25, 0.3) is 0 Å². The smallest absolute Gasteiger partial charge is 0.172 e. The number of nitrogens with two attached hydrogens (primary N) is 1. The number of hydrogen-bond acceptors (Lipinski definition) is 7. The molecule has 1 unspecified atom stereocenters. The van der Waals surface area contributed by atoms with E-state index in [2.05, 4.69) is 43.7 Å². The average molecular weight is 517 g/mol. The molecular formula is C26H35Cl2N7. The van der Waals surface area contributed by atoms with E-state index in [-0.39, 0.29) is 5.92 Å². The van der Waals surface area contributed by atoms with Crippen molar-refractivity contribution in [1.29, 1.82) is 5.41 Å². The lowest BCUT2D eigenvalue weighted by Gasteiger charge is -2.47. The van der Waals surface area contributed by atoms with Gasteiger partial charge in [0.05, 0.1) is 5.71 Å². The first-order valence-corrected chi connectivity index (χ1v) is 13.6. The summed E-state index contributed by atoms with van der Waals surface area (Å²) in [5.74, 6) is 1.25. The molecule has 1 saturated carbocycles. The monoisotopic (exact) mass is 515 g/mol. The Morgan fingerprint density at radius 2 is 1.74 bits per heavy atom. The predicted octanol–water partition coefficient (Wildman–Crippen LogP) is 4.71. The Bertz CT molecular complexity index is 1050. The van der Waals surface area contributed by atoms with Crippen molar-refractivity contribution in [3.05, 3.63) is 45.7 Å². The Labute approximate surface area is 218 Å². The molecule has 3 fully saturated rings. The van der Waals surface area contributed by atoms with Crippen molar-refractivity contribution in [2.75, 3.05) is 43.4 Å². The van der Waals surface area contributed by atoms with Crippen LogP contribution in [0.2, 0.25) is 10.2 Å². The number of piperidine rings is 1. The Hall–Kier alpha value is -1.93. The van der Waals surface area contributed by atoms with Crippen LogP contribution in [0.5, 0.6) is 0 Å². The number of halogens is 2. The molecule has 0 bridgehead atoms. The molecule has 1 aromatic carbocycles. The third kappa shape index (κ3) is 5.58. The molecule has 5 rings (SSSR count). The van der Waals surface area contributed by atoms with Crippen LogP contribution >= 0.6 is 23.2 Å². The van der Waals surface area contributed by atoms with Crippen molar-refractivity contribution < 1.29 is 0 Å². The zero-order valence-electron chi connectivity index (χ0n) is 20.4. The second kappa shape index (κ2) is 10.6. The summed E-state index contributed by atoms with van der Waals surface area (Å²) in [5, 5.41) is 9.47. The van der Waals surface area contributed by atoms with Crippen molar-refractivity contribution in [3.63, 3.8) is 0 Å². The van der Waals surface area contributed by atoms with Crippen LogP contribution in [-0.2, 0) is 6.54 Å². The van der Waals surface area contributed by atoms with E-state index in [1.807, 2.05) is 12.1 Å². The second-order valence-corrected chi connectivity index (χ2v) is 10.9. The van der Waals surface area contributed by atoms with E-state index in [4.69, 9.17) is 34.3 Å². The number of anilines is 2. The van der Waals surface area contributed by atoms with Gasteiger partial charge in [-0.15, -0.1) is 0 Å². The van der Waals surface area contributed by atoms with E-state index < -0.39 is 0 Å². The number of likely N-dealkylation sites (tertiary alicyclic amines) is 1. The molecule has 0 amide bonds. The van der Waals surface area contributed by atoms with Gasteiger partial charge >= 0.3 is 0 Å².